The molecule has 114 valence electrons. The number of hydrogen-bond acceptors (Lipinski definition) is 4. The van der Waals surface area contributed by atoms with E-state index in [2.05, 4.69) is 10.1 Å². The summed E-state index contributed by atoms with van der Waals surface area (Å²) in [5.74, 6) is -0.185. The standard InChI is InChI=1S/C15H16N4O3/c20-13-5-6-14(21)19(17-13)10-15(22)18(12-3-4-12)9-11-2-1-7-16-8-11/h1-2,5-8,12H,3-4,9-10H2,(H,17,20). The lowest BCUT2D eigenvalue weighted by atomic mass is 10.2. The third-order valence-corrected chi connectivity index (χ3v) is 3.57. The monoisotopic (exact) mass is 300 g/mol. The molecule has 0 aromatic carbocycles. The maximum absolute atomic E-state index is 12.5. The van der Waals surface area contributed by atoms with E-state index in [1.54, 1.807) is 17.3 Å². The van der Waals surface area contributed by atoms with Crippen molar-refractivity contribution >= 4 is 5.91 Å². The fourth-order valence-corrected chi connectivity index (χ4v) is 2.30. The first-order chi connectivity index (χ1) is 10.6. The average molecular weight is 300 g/mol. The normalized spacial score (nSPS) is 13.8. The number of H-pyrrole nitrogens is 1. The van der Waals surface area contributed by atoms with Gasteiger partial charge in [0, 0.05) is 37.1 Å². The van der Waals surface area contributed by atoms with Gasteiger partial charge in [0.25, 0.3) is 11.1 Å². The Bertz CT molecular complexity index is 777. The van der Waals surface area contributed by atoms with E-state index in [0.29, 0.717) is 6.54 Å². The molecule has 2 aromatic rings. The van der Waals surface area contributed by atoms with Crippen molar-refractivity contribution in [1.82, 2.24) is 19.7 Å². The van der Waals surface area contributed by atoms with Gasteiger partial charge < -0.3 is 4.90 Å². The summed E-state index contributed by atoms with van der Waals surface area (Å²) in [6.45, 7) is 0.300. The number of hydrogen-bond donors (Lipinski definition) is 1. The van der Waals surface area contributed by atoms with Gasteiger partial charge in [0.05, 0.1) is 0 Å². The number of amides is 1. The van der Waals surface area contributed by atoms with Gasteiger partial charge in [-0.2, -0.15) is 0 Å². The first-order valence-electron chi connectivity index (χ1n) is 7.12. The predicted molar refractivity (Wildman–Crippen MR) is 79.1 cm³/mol. The number of aromatic nitrogens is 3. The fraction of sp³-hybridized carbons (Fsp3) is 0.333. The molecule has 7 heteroatoms. The van der Waals surface area contributed by atoms with Crippen LogP contribution >= 0.6 is 0 Å². The summed E-state index contributed by atoms with van der Waals surface area (Å²) in [7, 11) is 0. The molecule has 2 aromatic heterocycles. The van der Waals surface area contributed by atoms with Crippen molar-refractivity contribution in [1.29, 1.82) is 0 Å². The molecule has 0 bridgehead atoms. The Morgan fingerprint density at radius 2 is 2.14 bits per heavy atom. The first kappa shape index (κ1) is 14.2. The molecule has 2 heterocycles. The minimum Gasteiger partial charge on any atom is -0.334 e. The molecule has 1 aliphatic carbocycles. The maximum Gasteiger partial charge on any atom is 0.265 e. The van der Waals surface area contributed by atoms with Crippen molar-refractivity contribution < 1.29 is 4.79 Å². The largest absolute Gasteiger partial charge is 0.334 e. The second kappa shape index (κ2) is 5.97. The smallest absolute Gasteiger partial charge is 0.265 e. The van der Waals surface area contributed by atoms with Gasteiger partial charge in [0.1, 0.15) is 6.54 Å². The molecule has 0 unspecified atom stereocenters. The third kappa shape index (κ3) is 3.30. The van der Waals surface area contributed by atoms with Gasteiger partial charge in [-0.15, -0.1) is 0 Å². The quantitative estimate of drug-likeness (QED) is 0.849. The van der Waals surface area contributed by atoms with Gasteiger partial charge >= 0.3 is 0 Å². The van der Waals surface area contributed by atoms with Crippen molar-refractivity contribution in [2.45, 2.75) is 32.0 Å². The summed E-state index contributed by atoms with van der Waals surface area (Å²) in [6.07, 6.45) is 5.33. The molecule has 7 nitrogen and oxygen atoms in total. The Hall–Kier alpha value is -2.70. The first-order valence-corrected chi connectivity index (χ1v) is 7.12. The maximum atomic E-state index is 12.5. The lowest BCUT2D eigenvalue weighted by Crippen LogP contribution is -2.39. The van der Waals surface area contributed by atoms with Crippen LogP contribution in [0.1, 0.15) is 18.4 Å². The van der Waals surface area contributed by atoms with Crippen LogP contribution in [0, 0.1) is 0 Å². The van der Waals surface area contributed by atoms with Crippen molar-refractivity contribution in [3.8, 4) is 0 Å². The summed E-state index contributed by atoms with van der Waals surface area (Å²) >= 11 is 0. The summed E-state index contributed by atoms with van der Waals surface area (Å²) < 4.78 is 1.04. The van der Waals surface area contributed by atoms with E-state index in [9.17, 15) is 14.4 Å². The Balaban J connectivity index is 1.77. The highest BCUT2D eigenvalue weighted by Crippen LogP contribution is 2.28. The van der Waals surface area contributed by atoms with E-state index < -0.39 is 11.1 Å². The highest BCUT2D eigenvalue weighted by molar-refractivity contribution is 5.76. The molecule has 1 saturated carbocycles. The summed E-state index contributed by atoms with van der Waals surface area (Å²) in [6, 6.07) is 6.25. The highest BCUT2D eigenvalue weighted by atomic mass is 16.2. The summed E-state index contributed by atoms with van der Waals surface area (Å²) in [5.41, 5.74) is 0.138. The Morgan fingerprint density at radius 3 is 2.82 bits per heavy atom. The molecule has 0 aliphatic heterocycles. The van der Waals surface area contributed by atoms with Crippen LogP contribution < -0.4 is 11.1 Å². The lowest BCUT2D eigenvalue weighted by molar-refractivity contribution is -0.133. The van der Waals surface area contributed by atoms with Crippen molar-refractivity contribution in [3.05, 3.63) is 62.9 Å². The Morgan fingerprint density at radius 1 is 1.32 bits per heavy atom. The molecule has 0 saturated heterocycles. The van der Waals surface area contributed by atoms with Crippen LogP contribution in [0.15, 0.2) is 46.2 Å². The van der Waals surface area contributed by atoms with E-state index >= 15 is 0 Å². The molecular formula is C15H16N4O3. The molecule has 3 rings (SSSR count). The van der Waals surface area contributed by atoms with Gasteiger partial charge in [-0.05, 0) is 24.5 Å². The molecular weight excluding hydrogens is 284 g/mol. The number of rotatable bonds is 5. The van der Waals surface area contributed by atoms with Crippen LogP contribution in [0.5, 0.6) is 0 Å². The number of pyridine rings is 1. The van der Waals surface area contributed by atoms with Gasteiger partial charge in [-0.25, -0.2) is 4.68 Å². The number of aromatic amines is 1. The predicted octanol–water partition coefficient (Wildman–Crippen LogP) is 0.123. The molecule has 22 heavy (non-hydrogen) atoms. The van der Waals surface area contributed by atoms with Gasteiger partial charge in [0.15, 0.2) is 0 Å². The van der Waals surface area contributed by atoms with Crippen LogP contribution in [0.25, 0.3) is 0 Å². The van der Waals surface area contributed by atoms with Crippen LogP contribution in [0.2, 0.25) is 0 Å². The van der Waals surface area contributed by atoms with Crippen LogP contribution in [0.4, 0.5) is 0 Å². The molecule has 0 spiro atoms. The number of carbonyl (C=O) groups is 1. The number of nitrogens with one attached hydrogen (secondary N) is 1. The molecule has 0 atom stereocenters. The molecule has 0 radical (unpaired) electrons. The fourth-order valence-electron chi connectivity index (χ4n) is 2.30. The van der Waals surface area contributed by atoms with E-state index in [-0.39, 0.29) is 18.5 Å². The average Bonchev–Trinajstić information content (AvgIpc) is 3.34. The van der Waals surface area contributed by atoms with Gasteiger partial charge in [0.2, 0.25) is 5.91 Å². The molecule has 1 aliphatic rings. The zero-order chi connectivity index (χ0) is 15.5. The van der Waals surface area contributed by atoms with E-state index in [4.69, 9.17) is 0 Å². The van der Waals surface area contributed by atoms with Gasteiger partial charge in [-0.3, -0.25) is 24.5 Å². The van der Waals surface area contributed by atoms with E-state index in [1.807, 2.05) is 12.1 Å². The zero-order valence-corrected chi connectivity index (χ0v) is 11.9. The van der Waals surface area contributed by atoms with E-state index in [1.165, 1.54) is 0 Å². The molecule has 1 N–H and O–H groups in total. The van der Waals surface area contributed by atoms with E-state index in [0.717, 1.165) is 35.2 Å². The lowest BCUT2D eigenvalue weighted by Gasteiger charge is -2.22. The number of nitrogens with zero attached hydrogens (tertiary/aromatic N) is 3. The summed E-state index contributed by atoms with van der Waals surface area (Å²) in [5, 5.41) is 2.37. The summed E-state index contributed by atoms with van der Waals surface area (Å²) in [4.78, 5) is 41.2. The van der Waals surface area contributed by atoms with Crippen molar-refractivity contribution in [3.63, 3.8) is 0 Å². The topological polar surface area (TPSA) is 88.1 Å². The van der Waals surface area contributed by atoms with Crippen LogP contribution in [0.3, 0.4) is 0 Å². The minimum atomic E-state index is -0.405. The highest BCUT2D eigenvalue weighted by Gasteiger charge is 2.32. The van der Waals surface area contributed by atoms with Crippen molar-refractivity contribution in [2.24, 2.45) is 0 Å². The zero-order valence-electron chi connectivity index (χ0n) is 11.9. The SMILES string of the molecule is O=C(Cn1[nH]c(=O)ccc1=O)N(Cc1cccnc1)C1CC1. The number of carbonyl (C=O) groups excluding carboxylic acids is 1. The molecule has 1 fully saturated rings. The third-order valence-electron chi connectivity index (χ3n) is 3.57. The van der Waals surface area contributed by atoms with Crippen molar-refractivity contribution in [2.75, 3.05) is 0 Å². The van der Waals surface area contributed by atoms with Crippen LogP contribution in [-0.4, -0.2) is 31.6 Å². The van der Waals surface area contributed by atoms with Crippen LogP contribution in [-0.2, 0) is 17.9 Å². The second-order valence-electron chi connectivity index (χ2n) is 5.35. The van der Waals surface area contributed by atoms with Gasteiger partial charge in [-0.1, -0.05) is 6.07 Å². The Kier molecular flexibility index (Phi) is 3.86. The minimum absolute atomic E-state index is 0.161. The molecule has 1 amide bonds. The Labute approximate surface area is 126 Å². The second-order valence-corrected chi connectivity index (χ2v) is 5.35.